The second kappa shape index (κ2) is 8.09. The highest BCUT2D eigenvalue weighted by atomic mass is 16.5. The molecule has 0 saturated heterocycles. The number of carbonyl (C=O) groups is 1. The van der Waals surface area contributed by atoms with Crippen molar-refractivity contribution >= 4 is 12.1 Å². The van der Waals surface area contributed by atoms with Gasteiger partial charge < -0.3 is 18.6 Å². The summed E-state index contributed by atoms with van der Waals surface area (Å²) in [5.74, 6) is 1.51. The maximum Gasteiger partial charge on any atom is 0.291 e. The van der Waals surface area contributed by atoms with Crippen LogP contribution in [0.25, 0.3) is 11.5 Å². The van der Waals surface area contributed by atoms with Crippen molar-refractivity contribution < 1.29 is 23.4 Å². The summed E-state index contributed by atoms with van der Waals surface area (Å²) in [5, 5.41) is 10.6. The second-order valence-electron chi connectivity index (χ2n) is 5.27. The Morgan fingerprint density at radius 3 is 2.67 bits per heavy atom. The zero-order valence-corrected chi connectivity index (χ0v) is 15.0. The largest absolute Gasteiger partial charge is 0.493 e. The molecule has 0 bridgehead atoms. The zero-order valence-electron chi connectivity index (χ0n) is 15.0. The molecule has 0 radical (unpaired) electrons. The summed E-state index contributed by atoms with van der Waals surface area (Å²) in [6.45, 7) is 0. The smallest absolute Gasteiger partial charge is 0.291 e. The minimum absolute atomic E-state index is 0.179. The van der Waals surface area contributed by atoms with Crippen LogP contribution < -0.4 is 19.6 Å². The van der Waals surface area contributed by atoms with Crippen LogP contribution in [-0.4, -0.2) is 43.6 Å². The molecule has 0 saturated carbocycles. The van der Waals surface area contributed by atoms with Crippen LogP contribution in [0.3, 0.4) is 0 Å². The number of rotatable bonds is 7. The number of nitrogens with zero attached hydrogens (tertiary/aromatic N) is 2. The fraction of sp³-hybridized carbons (Fsp3) is 0.167. The first-order valence-corrected chi connectivity index (χ1v) is 7.89. The minimum atomic E-state index is -0.472. The van der Waals surface area contributed by atoms with Gasteiger partial charge in [0, 0.05) is 11.6 Å². The number of aromatic nitrogens is 2. The Morgan fingerprint density at radius 2 is 2.00 bits per heavy atom. The molecule has 0 unspecified atom stereocenters. The van der Waals surface area contributed by atoms with Crippen LogP contribution in [0.1, 0.15) is 16.1 Å². The van der Waals surface area contributed by atoms with Crippen LogP contribution in [0.5, 0.6) is 17.2 Å². The lowest BCUT2D eigenvalue weighted by atomic mass is 10.2. The first-order valence-electron chi connectivity index (χ1n) is 7.89. The number of benzene rings is 1. The molecule has 0 fully saturated rings. The third-order valence-electron chi connectivity index (χ3n) is 3.70. The Hall–Kier alpha value is -3.75. The highest BCUT2D eigenvalue weighted by Crippen LogP contribution is 2.38. The Kier molecular flexibility index (Phi) is 5.41. The number of aromatic amines is 1. The van der Waals surface area contributed by atoms with Crippen LogP contribution in [0.15, 0.2) is 46.1 Å². The molecule has 1 aromatic carbocycles. The van der Waals surface area contributed by atoms with E-state index in [1.54, 1.807) is 30.3 Å². The summed E-state index contributed by atoms with van der Waals surface area (Å²) in [5.41, 5.74) is 3.79. The molecule has 0 spiro atoms. The van der Waals surface area contributed by atoms with Crippen LogP contribution in [0.4, 0.5) is 0 Å². The molecule has 27 heavy (non-hydrogen) atoms. The molecular formula is C18H18N4O5. The van der Waals surface area contributed by atoms with E-state index in [1.165, 1.54) is 33.8 Å². The average Bonchev–Trinajstić information content (AvgIpc) is 3.38. The summed E-state index contributed by atoms with van der Waals surface area (Å²) in [7, 11) is 4.55. The van der Waals surface area contributed by atoms with E-state index in [1.807, 2.05) is 0 Å². The number of hydrogen-bond acceptors (Lipinski definition) is 7. The van der Waals surface area contributed by atoms with Gasteiger partial charge in [-0.25, -0.2) is 5.43 Å². The summed E-state index contributed by atoms with van der Waals surface area (Å²) >= 11 is 0. The molecule has 140 valence electrons. The summed E-state index contributed by atoms with van der Waals surface area (Å²) in [6.07, 6.45) is 2.98. The topological polar surface area (TPSA) is 111 Å². The predicted molar refractivity (Wildman–Crippen MR) is 97.4 cm³/mol. The maximum absolute atomic E-state index is 12.2. The van der Waals surface area contributed by atoms with Crippen molar-refractivity contribution in [2.24, 2.45) is 5.10 Å². The van der Waals surface area contributed by atoms with Gasteiger partial charge in [0.2, 0.25) is 5.75 Å². The Morgan fingerprint density at radius 1 is 1.19 bits per heavy atom. The van der Waals surface area contributed by atoms with E-state index in [4.69, 9.17) is 18.6 Å². The highest BCUT2D eigenvalue weighted by molar-refractivity contribution is 5.94. The SMILES string of the molecule is COc1ccc(/C=N\NC(=O)c2cc(-c3ccco3)[nH]n2)c(OC)c1OC. The molecule has 3 aromatic rings. The lowest BCUT2D eigenvalue weighted by Crippen LogP contribution is -2.18. The standard InChI is InChI=1S/C18H18N4O5/c1-24-15-7-6-11(16(25-2)17(15)26-3)10-19-22-18(23)13-9-12(20-21-13)14-5-4-8-27-14/h4-10H,1-3H3,(H,20,21)(H,22,23)/b19-10-. The van der Waals surface area contributed by atoms with E-state index in [-0.39, 0.29) is 5.69 Å². The fourth-order valence-electron chi connectivity index (χ4n) is 2.44. The van der Waals surface area contributed by atoms with Gasteiger partial charge in [-0.3, -0.25) is 9.89 Å². The predicted octanol–water partition coefficient (Wildman–Crippen LogP) is 2.46. The van der Waals surface area contributed by atoms with E-state index in [0.29, 0.717) is 34.3 Å². The van der Waals surface area contributed by atoms with Crippen molar-refractivity contribution in [2.75, 3.05) is 21.3 Å². The van der Waals surface area contributed by atoms with Crippen LogP contribution in [0, 0.1) is 0 Å². The van der Waals surface area contributed by atoms with Gasteiger partial charge in [-0.05, 0) is 24.3 Å². The Labute approximate surface area is 154 Å². The van der Waals surface area contributed by atoms with Crippen molar-refractivity contribution in [1.29, 1.82) is 0 Å². The molecule has 9 heteroatoms. The third kappa shape index (κ3) is 3.76. The van der Waals surface area contributed by atoms with Crippen molar-refractivity contribution in [3.8, 4) is 28.7 Å². The van der Waals surface area contributed by atoms with Gasteiger partial charge >= 0.3 is 0 Å². The molecule has 0 atom stereocenters. The highest BCUT2D eigenvalue weighted by Gasteiger charge is 2.15. The lowest BCUT2D eigenvalue weighted by Gasteiger charge is -2.13. The lowest BCUT2D eigenvalue weighted by molar-refractivity contribution is 0.0950. The number of ether oxygens (including phenoxy) is 3. The summed E-state index contributed by atoms with van der Waals surface area (Å²) in [6, 6.07) is 8.53. The zero-order chi connectivity index (χ0) is 19.2. The molecule has 0 aliphatic heterocycles. The second-order valence-corrected chi connectivity index (χ2v) is 5.27. The van der Waals surface area contributed by atoms with E-state index >= 15 is 0 Å². The summed E-state index contributed by atoms with van der Waals surface area (Å²) < 4.78 is 21.1. The van der Waals surface area contributed by atoms with Crippen LogP contribution in [-0.2, 0) is 0 Å². The minimum Gasteiger partial charge on any atom is -0.493 e. The van der Waals surface area contributed by atoms with Gasteiger partial charge in [0.15, 0.2) is 23.0 Å². The molecule has 0 aliphatic carbocycles. The molecule has 9 nitrogen and oxygen atoms in total. The van der Waals surface area contributed by atoms with E-state index < -0.39 is 5.91 Å². The van der Waals surface area contributed by atoms with E-state index in [0.717, 1.165) is 0 Å². The molecular weight excluding hydrogens is 352 g/mol. The van der Waals surface area contributed by atoms with E-state index in [2.05, 4.69) is 20.7 Å². The quantitative estimate of drug-likeness (QED) is 0.488. The van der Waals surface area contributed by atoms with Crippen molar-refractivity contribution in [2.45, 2.75) is 0 Å². The average molecular weight is 370 g/mol. The number of nitrogens with one attached hydrogen (secondary N) is 2. The third-order valence-corrected chi connectivity index (χ3v) is 3.70. The maximum atomic E-state index is 12.2. The fourth-order valence-corrected chi connectivity index (χ4v) is 2.44. The number of furan rings is 1. The Balaban J connectivity index is 1.73. The number of amides is 1. The normalized spacial score (nSPS) is 10.8. The first-order chi connectivity index (χ1) is 13.2. The van der Waals surface area contributed by atoms with Crippen LogP contribution in [0.2, 0.25) is 0 Å². The van der Waals surface area contributed by atoms with Gasteiger partial charge in [0.25, 0.3) is 5.91 Å². The van der Waals surface area contributed by atoms with Gasteiger partial charge in [-0.15, -0.1) is 0 Å². The number of methoxy groups -OCH3 is 3. The molecule has 2 aromatic heterocycles. The van der Waals surface area contributed by atoms with Crippen molar-refractivity contribution in [1.82, 2.24) is 15.6 Å². The van der Waals surface area contributed by atoms with Crippen LogP contribution >= 0.6 is 0 Å². The monoisotopic (exact) mass is 370 g/mol. The number of hydrazone groups is 1. The van der Waals surface area contributed by atoms with E-state index in [9.17, 15) is 4.79 Å². The molecule has 3 rings (SSSR count). The van der Waals surface area contributed by atoms with Gasteiger partial charge in [0.05, 0.1) is 33.8 Å². The van der Waals surface area contributed by atoms with Gasteiger partial charge in [-0.1, -0.05) is 0 Å². The number of H-pyrrole nitrogens is 1. The summed E-state index contributed by atoms with van der Waals surface area (Å²) in [4.78, 5) is 12.2. The van der Waals surface area contributed by atoms with Gasteiger partial charge in [0.1, 0.15) is 5.69 Å². The molecule has 2 N–H and O–H groups in total. The van der Waals surface area contributed by atoms with Crippen molar-refractivity contribution in [3.63, 3.8) is 0 Å². The Bertz CT molecular complexity index is 947. The number of hydrogen-bond donors (Lipinski definition) is 2. The number of carbonyl (C=O) groups excluding carboxylic acids is 1. The molecule has 2 heterocycles. The van der Waals surface area contributed by atoms with Crippen molar-refractivity contribution in [3.05, 3.63) is 47.9 Å². The molecule has 1 amide bonds. The van der Waals surface area contributed by atoms with Gasteiger partial charge in [-0.2, -0.15) is 10.2 Å². The first kappa shape index (κ1) is 18.1. The molecule has 0 aliphatic rings.